The minimum Gasteiger partial charge on any atom is -0.493 e. The third kappa shape index (κ3) is 6.35. The molecule has 6 nitrogen and oxygen atoms in total. The summed E-state index contributed by atoms with van der Waals surface area (Å²) in [4.78, 5) is 16.1. The number of halogens is 5. The Hall–Kier alpha value is -2.94. The van der Waals surface area contributed by atoms with Crippen molar-refractivity contribution in [3.63, 3.8) is 0 Å². The molecule has 0 aromatic heterocycles. The number of nitrogens with zero attached hydrogens (tertiary/aromatic N) is 3. The maximum Gasteiger partial charge on any atom is 0.417 e. The third-order valence-corrected chi connectivity index (χ3v) is 7.63. The molecule has 4 rings (SSSR count). The number of nitrogens with one attached hydrogen (secondary N) is 1. The maximum absolute atomic E-state index is 13.6. The molecule has 0 unspecified atom stereocenters. The van der Waals surface area contributed by atoms with Crippen molar-refractivity contribution in [2.45, 2.75) is 51.2 Å². The molecule has 216 valence electrons. The molecule has 2 fully saturated rings. The largest absolute Gasteiger partial charge is 0.493 e. The minimum absolute atomic E-state index is 0. The number of piperidine rings is 1. The first kappa shape index (κ1) is 31.6. The highest BCUT2D eigenvalue weighted by atomic mass is 35.5. The van der Waals surface area contributed by atoms with Gasteiger partial charge in [0.25, 0.3) is 5.91 Å². The minimum atomic E-state index is -4.79. The number of aryl methyl sites for hydroxylation is 1. The first-order chi connectivity index (χ1) is 18.5. The lowest BCUT2D eigenvalue weighted by atomic mass is 9.95. The lowest BCUT2D eigenvalue weighted by molar-refractivity contribution is -0.137. The number of hydrogen-bond donors (Lipinski definition) is 1. The molecule has 0 aliphatic carbocycles. The second kappa shape index (κ2) is 12.7. The summed E-state index contributed by atoms with van der Waals surface area (Å²) in [6.07, 6.45) is -1.61. The fourth-order valence-corrected chi connectivity index (χ4v) is 5.63. The van der Waals surface area contributed by atoms with E-state index in [0.29, 0.717) is 29.5 Å². The van der Waals surface area contributed by atoms with Gasteiger partial charge in [0.1, 0.15) is 11.3 Å². The van der Waals surface area contributed by atoms with Crippen LogP contribution in [0.2, 0.25) is 0 Å². The first-order valence-corrected chi connectivity index (χ1v) is 13.2. The summed E-state index contributed by atoms with van der Waals surface area (Å²) in [5.74, 6) is 0.605. The van der Waals surface area contributed by atoms with E-state index in [-0.39, 0.29) is 29.6 Å². The molecule has 0 bridgehead atoms. The molecule has 0 atom stereocenters. The standard InChI is InChI=1S/C28H30F4N4O2S.ClH/c1-27(2)25(37)35(21-4-3-20(17-33)23(16-21)28(30,31)32)26(39)36(27)22-5-6-24(19(15-22)7-11-29)38-14-10-18-8-12-34-13-9-18;/h3-6,15-16,18,34H,7-14H2,1-2H3;1H. The Bertz CT molecular complexity index is 1290. The van der Waals surface area contributed by atoms with Gasteiger partial charge in [-0.1, -0.05) is 0 Å². The van der Waals surface area contributed by atoms with E-state index in [4.69, 9.17) is 22.2 Å². The second-order valence-electron chi connectivity index (χ2n) is 10.2. The second-order valence-corrected chi connectivity index (χ2v) is 10.6. The summed E-state index contributed by atoms with van der Waals surface area (Å²) in [5, 5.41) is 12.4. The van der Waals surface area contributed by atoms with Crippen LogP contribution in [-0.2, 0) is 17.4 Å². The Labute approximate surface area is 242 Å². The van der Waals surface area contributed by atoms with E-state index < -0.39 is 35.4 Å². The number of rotatable bonds is 8. The molecule has 0 saturated carbocycles. The molecular weight excluding hydrogens is 568 g/mol. The van der Waals surface area contributed by atoms with Gasteiger partial charge in [-0.2, -0.15) is 18.4 Å². The lowest BCUT2D eigenvalue weighted by Crippen LogP contribution is -2.44. The predicted octanol–water partition coefficient (Wildman–Crippen LogP) is 6.20. The number of carbonyl (C=O) groups excluding carboxylic acids is 1. The van der Waals surface area contributed by atoms with Crippen molar-refractivity contribution in [3.05, 3.63) is 53.1 Å². The SMILES string of the molecule is CC1(C)C(=O)N(c2ccc(C#N)c(C(F)(F)F)c2)C(=S)N1c1ccc(OCCC2CCNCC2)c(CCF)c1.Cl. The lowest BCUT2D eigenvalue weighted by Gasteiger charge is -2.30. The normalized spacial score (nSPS) is 17.5. The molecule has 2 aromatic rings. The van der Waals surface area contributed by atoms with Gasteiger partial charge < -0.3 is 15.0 Å². The van der Waals surface area contributed by atoms with Crippen molar-refractivity contribution >= 4 is 47.0 Å². The zero-order valence-electron chi connectivity index (χ0n) is 22.2. The zero-order chi connectivity index (χ0) is 28.4. The average molecular weight is 599 g/mol. The summed E-state index contributed by atoms with van der Waals surface area (Å²) in [6, 6.07) is 9.74. The Morgan fingerprint density at radius 1 is 1.15 bits per heavy atom. The van der Waals surface area contributed by atoms with E-state index in [1.165, 1.54) is 12.1 Å². The van der Waals surface area contributed by atoms with E-state index in [1.807, 2.05) is 0 Å². The van der Waals surface area contributed by atoms with Crippen LogP contribution in [0.25, 0.3) is 0 Å². The highest BCUT2D eigenvalue weighted by Crippen LogP contribution is 2.40. The van der Waals surface area contributed by atoms with Gasteiger partial charge in [-0.25, -0.2) is 0 Å². The molecule has 12 heteroatoms. The van der Waals surface area contributed by atoms with E-state index in [1.54, 1.807) is 36.9 Å². The van der Waals surface area contributed by atoms with Gasteiger partial charge in [-0.15, -0.1) is 12.4 Å². The summed E-state index contributed by atoms with van der Waals surface area (Å²) >= 11 is 5.61. The van der Waals surface area contributed by atoms with Crippen molar-refractivity contribution in [2.24, 2.45) is 5.92 Å². The molecule has 0 radical (unpaired) electrons. The highest BCUT2D eigenvalue weighted by molar-refractivity contribution is 7.81. The van der Waals surface area contributed by atoms with E-state index in [2.05, 4.69) is 5.32 Å². The molecule has 40 heavy (non-hydrogen) atoms. The number of benzene rings is 2. The number of nitriles is 1. The zero-order valence-corrected chi connectivity index (χ0v) is 23.8. The summed E-state index contributed by atoms with van der Waals surface area (Å²) in [5.41, 5.74) is -1.92. The molecule has 0 spiro atoms. The van der Waals surface area contributed by atoms with Crippen LogP contribution in [0.5, 0.6) is 5.75 Å². The summed E-state index contributed by atoms with van der Waals surface area (Å²) in [6.45, 7) is 5.12. The van der Waals surface area contributed by atoms with Crippen LogP contribution in [0.3, 0.4) is 0 Å². The van der Waals surface area contributed by atoms with Crippen molar-refractivity contribution < 1.29 is 27.1 Å². The van der Waals surface area contributed by atoms with Gasteiger partial charge >= 0.3 is 6.18 Å². The number of hydrogen-bond acceptors (Lipinski definition) is 5. The van der Waals surface area contributed by atoms with Gasteiger partial charge in [0, 0.05) is 12.1 Å². The van der Waals surface area contributed by atoms with Crippen LogP contribution in [0.1, 0.15) is 49.8 Å². The van der Waals surface area contributed by atoms with Crippen LogP contribution in [0.15, 0.2) is 36.4 Å². The van der Waals surface area contributed by atoms with Gasteiger partial charge in [-0.05, 0) is 106 Å². The molecule has 2 saturated heterocycles. The smallest absolute Gasteiger partial charge is 0.417 e. The molecule has 2 aliphatic rings. The Kier molecular flexibility index (Phi) is 10.0. The number of thiocarbonyl (C=S) groups is 1. The summed E-state index contributed by atoms with van der Waals surface area (Å²) < 4.78 is 60.3. The molecule has 1 N–H and O–H groups in total. The Balaban J connectivity index is 0.00000441. The van der Waals surface area contributed by atoms with Crippen LogP contribution >= 0.6 is 24.6 Å². The van der Waals surface area contributed by atoms with Crippen LogP contribution in [0, 0.1) is 17.2 Å². The van der Waals surface area contributed by atoms with Gasteiger partial charge in [-0.3, -0.25) is 14.1 Å². The van der Waals surface area contributed by atoms with Gasteiger partial charge in [0.15, 0.2) is 5.11 Å². The number of anilines is 2. The number of carbonyl (C=O) groups is 1. The topological polar surface area (TPSA) is 68.6 Å². The van der Waals surface area contributed by atoms with Crippen LogP contribution in [-0.4, -0.2) is 42.9 Å². The Morgan fingerprint density at radius 2 is 1.82 bits per heavy atom. The third-order valence-electron chi connectivity index (χ3n) is 7.26. The number of amides is 1. The monoisotopic (exact) mass is 598 g/mol. The van der Waals surface area contributed by atoms with Crippen molar-refractivity contribution in [1.29, 1.82) is 5.26 Å². The Morgan fingerprint density at radius 3 is 2.45 bits per heavy atom. The van der Waals surface area contributed by atoms with E-state index in [0.717, 1.165) is 49.4 Å². The maximum atomic E-state index is 13.6. The quantitative estimate of drug-likeness (QED) is 0.288. The molecule has 2 aromatic carbocycles. The van der Waals surface area contributed by atoms with Crippen LogP contribution in [0.4, 0.5) is 28.9 Å². The molecule has 1 amide bonds. The van der Waals surface area contributed by atoms with Crippen molar-refractivity contribution in [2.75, 3.05) is 36.2 Å². The first-order valence-electron chi connectivity index (χ1n) is 12.8. The highest BCUT2D eigenvalue weighted by Gasteiger charge is 2.50. The van der Waals surface area contributed by atoms with Gasteiger partial charge in [0.05, 0.1) is 36.2 Å². The van der Waals surface area contributed by atoms with E-state index in [9.17, 15) is 22.4 Å². The van der Waals surface area contributed by atoms with E-state index >= 15 is 0 Å². The molecular formula is C28H31ClF4N4O2S. The number of ether oxygens (including phenoxy) is 1. The average Bonchev–Trinajstić information content (AvgIpc) is 3.08. The van der Waals surface area contributed by atoms with Crippen molar-refractivity contribution in [3.8, 4) is 11.8 Å². The predicted molar refractivity (Wildman–Crippen MR) is 152 cm³/mol. The molecule has 2 heterocycles. The fourth-order valence-electron chi connectivity index (χ4n) is 5.11. The van der Waals surface area contributed by atoms with Crippen LogP contribution < -0.4 is 19.9 Å². The summed E-state index contributed by atoms with van der Waals surface area (Å²) in [7, 11) is 0. The van der Waals surface area contributed by atoms with Gasteiger partial charge in [0.2, 0.25) is 0 Å². The number of alkyl halides is 4. The molecule has 2 aliphatic heterocycles. The van der Waals surface area contributed by atoms with Crippen molar-refractivity contribution in [1.82, 2.24) is 5.32 Å². The fraction of sp³-hybridized carbons (Fsp3) is 0.464.